The summed E-state index contributed by atoms with van der Waals surface area (Å²) in [6.07, 6.45) is 0.488. The van der Waals surface area contributed by atoms with Crippen LogP contribution in [0.5, 0.6) is 5.75 Å². The summed E-state index contributed by atoms with van der Waals surface area (Å²) in [5, 5.41) is 14.2. The third-order valence-electron chi connectivity index (χ3n) is 5.43. The fourth-order valence-electron chi connectivity index (χ4n) is 3.83. The van der Waals surface area contributed by atoms with Gasteiger partial charge in [0.15, 0.2) is 11.6 Å². The van der Waals surface area contributed by atoms with Crippen molar-refractivity contribution < 1.29 is 27.8 Å². The van der Waals surface area contributed by atoms with Gasteiger partial charge in [-0.1, -0.05) is 6.42 Å². The molecule has 10 heteroatoms. The second-order valence-corrected chi connectivity index (χ2v) is 7.82. The molecule has 0 bridgehead atoms. The van der Waals surface area contributed by atoms with Gasteiger partial charge in [-0.3, -0.25) is 9.48 Å². The summed E-state index contributed by atoms with van der Waals surface area (Å²) < 4.78 is 42.8. The zero-order valence-corrected chi connectivity index (χ0v) is 17.2. The maximum Gasteiger partial charge on any atom is 0.573 e. The number of benzene rings is 1. The molecule has 1 N–H and O–H groups in total. The summed E-state index contributed by atoms with van der Waals surface area (Å²) in [4.78, 5) is 21.9. The van der Waals surface area contributed by atoms with E-state index in [2.05, 4.69) is 19.8 Å². The van der Waals surface area contributed by atoms with Crippen molar-refractivity contribution in [1.29, 1.82) is 0 Å². The summed E-state index contributed by atoms with van der Waals surface area (Å²) >= 11 is 0. The van der Waals surface area contributed by atoms with Crippen molar-refractivity contribution in [2.24, 2.45) is 13.0 Å². The van der Waals surface area contributed by atoms with E-state index < -0.39 is 12.5 Å². The van der Waals surface area contributed by atoms with Gasteiger partial charge in [-0.2, -0.15) is 5.10 Å². The molecule has 2 heterocycles. The average Bonchev–Trinajstić information content (AvgIpc) is 3.35. The molecule has 1 aliphatic rings. The number of aryl methyl sites for hydroxylation is 1. The molecule has 1 aliphatic carbocycles. The Morgan fingerprint density at radius 1 is 1.19 bits per heavy atom. The topological polar surface area (TPSA) is 90.1 Å². The van der Waals surface area contributed by atoms with Crippen LogP contribution in [0.1, 0.15) is 36.2 Å². The number of halogens is 3. The number of hydrogen-bond acceptors (Lipinski definition) is 6. The Bertz CT molecular complexity index is 1110. The predicted molar refractivity (Wildman–Crippen MR) is 109 cm³/mol. The highest BCUT2D eigenvalue weighted by Crippen LogP contribution is 2.31. The van der Waals surface area contributed by atoms with Gasteiger partial charge >= 0.3 is 6.36 Å². The predicted octanol–water partition coefficient (Wildman–Crippen LogP) is 4.18. The van der Waals surface area contributed by atoms with Crippen molar-refractivity contribution in [3.05, 3.63) is 48.4 Å². The molecule has 7 nitrogen and oxygen atoms in total. The number of rotatable bonds is 6. The van der Waals surface area contributed by atoms with E-state index in [1.54, 1.807) is 24.1 Å². The van der Waals surface area contributed by atoms with E-state index in [-0.39, 0.29) is 35.4 Å². The number of ether oxygens (including phenoxy) is 1. The van der Waals surface area contributed by atoms with Gasteiger partial charge in [0.25, 0.3) is 0 Å². The molecule has 4 rings (SSSR count). The van der Waals surface area contributed by atoms with E-state index in [1.165, 1.54) is 30.3 Å². The molecule has 0 unspecified atom stereocenters. The molecule has 0 saturated heterocycles. The first-order valence-corrected chi connectivity index (χ1v) is 10.1. The third kappa shape index (κ3) is 5.13. The SMILES string of the molecule is Cn1cc(-c2nc(C(=O)C[C@@H]3CCC[C@H]3O)cc(-c3ccc(OC(F)(F)F)cc3)n2)cn1. The van der Waals surface area contributed by atoms with Crippen molar-refractivity contribution >= 4 is 5.78 Å². The van der Waals surface area contributed by atoms with Gasteiger partial charge in [-0.05, 0) is 49.1 Å². The fourth-order valence-corrected chi connectivity index (χ4v) is 3.83. The number of alkyl halides is 3. The van der Waals surface area contributed by atoms with Gasteiger partial charge < -0.3 is 9.84 Å². The van der Waals surface area contributed by atoms with Crippen molar-refractivity contribution in [1.82, 2.24) is 19.7 Å². The van der Waals surface area contributed by atoms with Gasteiger partial charge in [0.2, 0.25) is 0 Å². The minimum atomic E-state index is -4.78. The summed E-state index contributed by atoms with van der Waals surface area (Å²) in [6.45, 7) is 0. The van der Waals surface area contributed by atoms with E-state index >= 15 is 0 Å². The number of Topliss-reactive ketones (excluding diaryl/α,β-unsaturated/α-hetero) is 1. The monoisotopic (exact) mass is 446 g/mol. The van der Waals surface area contributed by atoms with Crippen LogP contribution in [0.3, 0.4) is 0 Å². The molecule has 2 atom stereocenters. The Morgan fingerprint density at radius 2 is 1.94 bits per heavy atom. The molecule has 168 valence electrons. The van der Waals surface area contributed by atoms with Crippen LogP contribution in [-0.4, -0.2) is 43.1 Å². The molecular formula is C22H21F3N4O3. The van der Waals surface area contributed by atoms with E-state index in [1.807, 2.05) is 0 Å². The first-order chi connectivity index (χ1) is 15.2. The second-order valence-electron chi connectivity index (χ2n) is 7.82. The molecule has 3 aromatic rings. The number of carbonyl (C=O) groups excluding carboxylic acids is 1. The second kappa shape index (κ2) is 8.70. The molecule has 0 radical (unpaired) electrons. The van der Waals surface area contributed by atoms with Crippen molar-refractivity contribution in [2.45, 2.75) is 38.1 Å². The van der Waals surface area contributed by atoms with Gasteiger partial charge in [-0.25, -0.2) is 9.97 Å². The Balaban J connectivity index is 1.68. The van der Waals surface area contributed by atoms with Gasteiger partial charge in [-0.15, -0.1) is 13.2 Å². The molecule has 1 fully saturated rings. The molecule has 0 amide bonds. The van der Waals surface area contributed by atoms with Crippen molar-refractivity contribution in [2.75, 3.05) is 0 Å². The van der Waals surface area contributed by atoms with Gasteiger partial charge in [0.05, 0.1) is 23.6 Å². The van der Waals surface area contributed by atoms with Crippen molar-refractivity contribution in [3.63, 3.8) is 0 Å². The number of aliphatic hydroxyl groups excluding tert-OH is 1. The zero-order chi connectivity index (χ0) is 22.9. The number of hydrogen-bond donors (Lipinski definition) is 1. The third-order valence-corrected chi connectivity index (χ3v) is 5.43. The van der Waals surface area contributed by atoms with Crippen LogP contribution in [0.15, 0.2) is 42.7 Å². The first-order valence-electron chi connectivity index (χ1n) is 10.1. The minimum absolute atomic E-state index is 0.110. The lowest BCUT2D eigenvalue weighted by Gasteiger charge is -2.14. The quantitative estimate of drug-likeness (QED) is 0.572. The Hall–Kier alpha value is -3.27. The molecule has 32 heavy (non-hydrogen) atoms. The van der Waals surface area contributed by atoms with E-state index in [0.717, 1.165) is 12.8 Å². The average molecular weight is 446 g/mol. The molecular weight excluding hydrogens is 425 g/mol. The number of aromatic nitrogens is 4. The van der Waals surface area contributed by atoms with Crippen molar-refractivity contribution in [3.8, 4) is 28.4 Å². The van der Waals surface area contributed by atoms with Crippen LogP contribution in [0.25, 0.3) is 22.6 Å². The standard InChI is InChI=1S/C22H21F3N4O3/c1-29-12-15(11-26-29)21-27-17(13-5-7-16(8-6-13)32-22(23,24)25)10-18(28-21)20(31)9-14-3-2-4-19(14)30/h5-8,10-12,14,19,30H,2-4,9H2,1H3/t14-,19+/m0/s1. The maximum atomic E-state index is 13.0. The largest absolute Gasteiger partial charge is 0.573 e. The van der Waals surface area contributed by atoms with Crippen LogP contribution in [0.4, 0.5) is 13.2 Å². The van der Waals surface area contributed by atoms with Crippen LogP contribution >= 0.6 is 0 Å². The molecule has 1 saturated carbocycles. The van der Waals surface area contributed by atoms with E-state index in [9.17, 15) is 23.1 Å². The highest BCUT2D eigenvalue weighted by atomic mass is 19.4. The summed E-state index contributed by atoms with van der Waals surface area (Å²) in [7, 11) is 1.74. The smallest absolute Gasteiger partial charge is 0.406 e. The lowest BCUT2D eigenvalue weighted by molar-refractivity contribution is -0.274. The van der Waals surface area contributed by atoms with Crippen LogP contribution < -0.4 is 4.74 Å². The molecule has 0 spiro atoms. The van der Waals surface area contributed by atoms with Gasteiger partial charge in [0.1, 0.15) is 11.4 Å². The van der Waals surface area contributed by atoms with Crippen LogP contribution in [-0.2, 0) is 7.05 Å². The first kappa shape index (κ1) is 21.9. The summed E-state index contributed by atoms with van der Waals surface area (Å²) in [5.41, 5.74) is 1.67. The summed E-state index contributed by atoms with van der Waals surface area (Å²) in [5.74, 6) is -0.404. The molecule has 2 aromatic heterocycles. The Labute approximate surface area is 181 Å². The van der Waals surface area contributed by atoms with E-state index in [0.29, 0.717) is 23.2 Å². The maximum absolute atomic E-state index is 13.0. The number of nitrogens with zero attached hydrogens (tertiary/aromatic N) is 4. The Kier molecular flexibility index (Phi) is 5.96. The highest BCUT2D eigenvalue weighted by Gasteiger charge is 2.31. The molecule has 0 aliphatic heterocycles. The number of carbonyl (C=O) groups is 1. The summed E-state index contributed by atoms with van der Waals surface area (Å²) in [6, 6.07) is 6.76. The normalized spacial score (nSPS) is 18.7. The number of aliphatic hydroxyl groups is 1. The fraction of sp³-hybridized carbons (Fsp3) is 0.364. The van der Waals surface area contributed by atoms with E-state index in [4.69, 9.17) is 0 Å². The molecule has 1 aromatic carbocycles. The highest BCUT2D eigenvalue weighted by molar-refractivity contribution is 5.95. The van der Waals surface area contributed by atoms with Crippen LogP contribution in [0.2, 0.25) is 0 Å². The van der Waals surface area contributed by atoms with Gasteiger partial charge in [0, 0.05) is 25.2 Å². The Morgan fingerprint density at radius 3 is 2.53 bits per heavy atom. The lowest BCUT2D eigenvalue weighted by Crippen LogP contribution is -2.18. The van der Waals surface area contributed by atoms with Crippen LogP contribution in [0, 0.1) is 5.92 Å². The number of ketones is 1. The minimum Gasteiger partial charge on any atom is -0.406 e. The zero-order valence-electron chi connectivity index (χ0n) is 17.2. The lowest BCUT2D eigenvalue weighted by atomic mass is 9.97.